The van der Waals surface area contributed by atoms with E-state index in [1.165, 1.54) is 35.2 Å². The summed E-state index contributed by atoms with van der Waals surface area (Å²) in [5, 5.41) is 6.22. The number of nitrogens with zero attached hydrogens (tertiary/aromatic N) is 2. The van der Waals surface area contributed by atoms with Crippen molar-refractivity contribution in [2.24, 2.45) is 11.3 Å². The van der Waals surface area contributed by atoms with Gasteiger partial charge in [-0.1, -0.05) is 69.3 Å². The molecule has 1 saturated heterocycles. The molecule has 16 heteroatoms. The quantitative estimate of drug-likeness (QED) is 0.116. The van der Waals surface area contributed by atoms with Crippen molar-refractivity contribution in [3.8, 4) is 22.8 Å². The molecule has 4 aromatic rings. The fourth-order valence-electron chi connectivity index (χ4n) is 8.26. The van der Waals surface area contributed by atoms with Gasteiger partial charge in [-0.2, -0.15) is 0 Å². The molecule has 3 fully saturated rings. The molecule has 1 aromatic heterocycles. The van der Waals surface area contributed by atoms with Crippen LogP contribution in [0.5, 0.6) is 11.5 Å². The molecule has 2 saturated carbocycles. The van der Waals surface area contributed by atoms with Gasteiger partial charge in [0.1, 0.15) is 46.6 Å². The highest BCUT2D eigenvalue weighted by molar-refractivity contribution is 7.91. The third kappa shape index (κ3) is 9.71. The largest absolute Gasteiger partial charge is 0.497 e. The van der Waals surface area contributed by atoms with Gasteiger partial charge < -0.3 is 29.7 Å². The van der Waals surface area contributed by atoms with Gasteiger partial charge in [0.25, 0.3) is 5.91 Å². The van der Waals surface area contributed by atoms with Gasteiger partial charge in [-0.3, -0.25) is 19.1 Å². The number of halogens is 1. The molecule has 3 aliphatic rings. The van der Waals surface area contributed by atoms with Crippen molar-refractivity contribution in [3.63, 3.8) is 0 Å². The molecule has 14 nitrogen and oxygen atoms in total. The summed E-state index contributed by atoms with van der Waals surface area (Å²) in [5.74, 6) is -2.29. The van der Waals surface area contributed by atoms with Gasteiger partial charge >= 0.3 is 6.09 Å². The van der Waals surface area contributed by atoms with Gasteiger partial charge in [-0.15, -0.1) is 6.58 Å². The predicted octanol–water partition coefficient (Wildman–Crippen LogP) is 6.62. The molecule has 5 atom stereocenters. The monoisotopic (exact) mass is 897 g/mol. The lowest BCUT2D eigenvalue weighted by molar-refractivity contribution is -0.143. The number of sulfonamides is 1. The van der Waals surface area contributed by atoms with Crippen LogP contribution < -0.4 is 24.8 Å². The first kappa shape index (κ1) is 46.0. The van der Waals surface area contributed by atoms with E-state index in [0.29, 0.717) is 33.7 Å². The summed E-state index contributed by atoms with van der Waals surface area (Å²) in [6.45, 7) is 14.2. The first-order valence-corrected chi connectivity index (χ1v) is 22.8. The van der Waals surface area contributed by atoms with Crippen LogP contribution in [0.4, 0.5) is 9.18 Å². The number of carbonyl (C=O) groups excluding carboxylic acids is 4. The number of amides is 4. The average molecular weight is 898 g/mol. The van der Waals surface area contributed by atoms with Crippen molar-refractivity contribution in [3.05, 3.63) is 103 Å². The molecule has 3 aromatic carbocycles. The third-order valence-corrected chi connectivity index (χ3v) is 14.2. The Morgan fingerprint density at radius 1 is 0.984 bits per heavy atom. The second kappa shape index (κ2) is 17.2. The normalized spacial score (nSPS) is 21.9. The number of ether oxygens (including phenoxy) is 3. The van der Waals surface area contributed by atoms with Gasteiger partial charge in [0.05, 0.1) is 29.6 Å². The second-order valence-electron chi connectivity index (χ2n) is 19.1. The summed E-state index contributed by atoms with van der Waals surface area (Å²) in [4.78, 5) is 63.1. The zero-order chi connectivity index (χ0) is 46.4. The number of methoxy groups -OCH3 is 1. The number of benzene rings is 3. The molecule has 0 radical (unpaired) electrons. The van der Waals surface area contributed by atoms with E-state index in [2.05, 4.69) is 21.9 Å². The molecular weight excluding hydrogens is 842 g/mol. The number of nitrogens with one attached hydrogen (secondary N) is 3. The van der Waals surface area contributed by atoms with Crippen LogP contribution in [0, 0.1) is 17.2 Å². The Kier molecular flexibility index (Phi) is 12.3. The lowest BCUT2D eigenvalue weighted by Gasteiger charge is -2.36. The Balaban J connectivity index is 1.19. The van der Waals surface area contributed by atoms with E-state index in [1.54, 1.807) is 66.9 Å². The summed E-state index contributed by atoms with van der Waals surface area (Å²) in [6.07, 6.45) is 0.562. The molecule has 0 spiro atoms. The maximum atomic E-state index is 14.8. The summed E-state index contributed by atoms with van der Waals surface area (Å²) >= 11 is 0. The molecule has 2 heterocycles. The summed E-state index contributed by atoms with van der Waals surface area (Å²) < 4.78 is 60.1. The van der Waals surface area contributed by atoms with E-state index in [1.807, 2.05) is 36.4 Å². The van der Waals surface area contributed by atoms with Crippen LogP contribution in [0.2, 0.25) is 0 Å². The van der Waals surface area contributed by atoms with Crippen LogP contribution in [0.15, 0.2) is 91.5 Å². The minimum Gasteiger partial charge on any atom is -0.497 e. The number of fused-ring (bicyclic) bond motifs is 1. The van der Waals surface area contributed by atoms with Crippen molar-refractivity contribution in [2.75, 3.05) is 13.7 Å². The molecule has 1 unspecified atom stereocenters. The van der Waals surface area contributed by atoms with Gasteiger partial charge in [0.15, 0.2) is 0 Å². The Morgan fingerprint density at radius 3 is 2.27 bits per heavy atom. The number of aromatic nitrogens is 1. The molecule has 4 amide bonds. The van der Waals surface area contributed by atoms with E-state index in [4.69, 9.17) is 19.2 Å². The standard InChI is InChI=1S/C48H56FN5O9S/c1-9-31-27-48(31,43(57)53-64(59,60)47(21-22-47)26-29-15-17-32(49)18-16-29)52-41(55)38-24-34(28-54(38)42(56)40(45(2,3)4)51-44(58)63-46(5,6)7)62-39-25-36(30-13-11-10-12-14-30)50-37-23-33(61-8)19-20-35(37)39/h9-20,23,25,31,34,38,40H,1,21-22,24,26-28H2,2-8H3,(H,51,58)(H,52,55)(H,53,57)/t31?,34-,38+,40-,48-/m1/s1. The first-order chi connectivity index (χ1) is 30.1. The van der Waals surface area contributed by atoms with Crippen LogP contribution >= 0.6 is 0 Å². The topological polar surface area (TPSA) is 182 Å². The Morgan fingerprint density at radius 2 is 1.67 bits per heavy atom. The molecule has 340 valence electrons. The smallest absolute Gasteiger partial charge is 0.408 e. The SMILES string of the molecule is C=CC1C[C@]1(NC(=O)[C@@H]1C[C@@H](Oc2cc(-c3ccccc3)nc3cc(OC)ccc23)CN1C(=O)[C@@H](NC(=O)OC(C)(C)C)C(C)(C)C)C(=O)NS(=O)(=O)C1(Cc2ccc(F)cc2)CC1. The minimum atomic E-state index is -4.28. The van der Waals surface area contributed by atoms with Crippen molar-refractivity contribution >= 4 is 44.7 Å². The predicted molar refractivity (Wildman–Crippen MR) is 239 cm³/mol. The zero-order valence-corrected chi connectivity index (χ0v) is 38.0. The van der Waals surface area contributed by atoms with Crippen LogP contribution in [0.1, 0.15) is 72.8 Å². The molecule has 7 rings (SSSR count). The van der Waals surface area contributed by atoms with Crippen molar-refractivity contribution < 1.29 is 46.2 Å². The van der Waals surface area contributed by atoms with E-state index < -0.39 is 85.1 Å². The van der Waals surface area contributed by atoms with E-state index in [0.717, 1.165) is 5.56 Å². The Hall–Kier alpha value is -6.03. The Bertz CT molecular complexity index is 2570. The number of hydrogen-bond donors (Lipinski definition) is 3. The Labute approximate surface area is 373 Å². The van der Waals surface area contributed by atoms with E-state index >= 15 is 0 Å². The van der Waals surface area contributed by atoms with Crippen LogP contribution in [-0.2, 0) is 35.6 Å². The van der Waals surface area contributed by atoms with Gasteiger partial charge in [-0.25, -0.2) is 22.6 Å². The number of likely N-dealkylation sites (tertiary alicyclic amines) is 1. The second-order valence-corrected chi connectivity index (χ2v) is 21.2. The van der Waals surface area contributed by atoms with Crippen LogP contribution in [0.3, 0.4) is 0 Å². The van der Waals surface area contributed by atoms with Crippen molar-refractivity contribution in [2.45, 2.75) is 108 Å². The van der Waals surface area contributed by atoms with Crippen LogP contribution in [-0.4, -0.2) is 89.8 Å². The highest BCUT2D eigenvalue weighted by Crippen LogP contribution is 2.49. The maximum absolute atomic E-state index is 14.8. The number of hydrogen-bond acceptors (Lipinski definition) is 10. The highest BCUT2D eigenvalue weighted by atomic mass is 32.2. The van der Waals surface area contributed by atoms with Gasteiger partial charge in [0, 0.05) is 35.4 Å². The van der Waals surface area contributed by atoms with Crippen LogP contribution in [0.25, 0.3) is 22.2 Å². The highest BCUT2D eigenvalue weighted by Gasteiger charge is 2.63. The van der Waals surface area contributed by atoms with Crippen molar-refractivity contribution in [1.82, 2.24) is 25.2 Å². The number of alkyl carbamates (subject to hydrolysis) is 1. The van der Waals surface area contributed by atoms with Gasteiger partial charge in [-0.05, 0) is 81.7 Å². The summed E-state index contributed by atoms with van der Waals surface area (Å²) in [5.41, 5.74) is -0.793. The fraction of sp³-hybridized carbons (Fsp3) is 0.438. The van der Waals surface area contributed by atoms with E-state index in [-0.39, 0.29) is 38.6 Å². The lowest BCUT2D eigenvalue weighted by atomic mass is 9.85. The van der Waals surface area contributed by atoms with Crippen molar-refractivity contribution in [1.29, 1.82) is 0 Å². The van der Waals surface area contributed by atoms with Gasteiger partial charge in [0.2, 0.25) is 21.8 Å². The number of rotatable bonds is 14. The fourth-order valence-corrected chi connectivity index (χ4v) is 9.90. The molecule has 1 aliphatic heterocycles. The number of pyridine rings is 1. The maximum Gasteiger partial charge on any atom is 0.408 e. The zero-order valence-electron chi connectivity index (χ0n) is 37.2. The third-order valence-electron chi connectivity index (χ3n) is 12.1. The first-order valence-electron chi connectivity index (χ1n) is 21.3. The molecule has 3 N–H and O–H groups in total. The lowest BCUT2D eigenvalue weighted by Crippen LogP contribution is -2.60. The summed E-state index contributed by atoms with van der Waals surface area (Å²) in [6, 6.07) is 19.8. The molecular formula is C48H56FN5O9S. The molecule has 2 aliphatic carbocycles. The molecule has 0 bridgehead atoms. The summed E-state index contributed by atoms with van der Waals surface area (Å²) in [7, 11) is -2.72. The molecule has 64 heavy (non-hydrogen) atoms. The van der Waals surface area contributed by atoms with E-state index in [9.17, 15) is 32.0 Å². The average Bonchev–Trinajstić information content (AvgIpc) is 4.14. The number of carbonyl (C=O) groups is 4. The minimum absolute atomic E-state index is 0.0307.